The summed E-state index contributed by atoms with van der Waals surface area (Å²) in [6.07, 6.45) is 6.28. The van der Waals surface area contributed by atoms with Gasteiger partial charge in [0.25, 0.3) is 0 Å². The third-order valence-corrected chi connectivity index (χ3v) is 9.37. The molecule has 4 heterocycles. The Labute approximate surface area is 185 Å². The van der Waals surface area contributed by atoms with Crippen LogP contribution in [0, 0.1) is 18.8 Å². The van der Waals surface area contributed by atoms with Gasteiger partial charge >= 0.3 is 0 Å². The molecule has 0 spiro atoms. The molecule has 0 aliphatic carbocycles. The van der Waals surface area contributed by atoms with Crippen LogP contribution in [-0.4, -0.2) is 60.2 Å². The first-order valence-electron chi connectivity index (χ1n) is 11.3. The number of hydrogen-bond donors (Lipinski definition) is 0. The van der Waals surface area contributed by atoms with Crippen LogP contribution in [0.4, 0.5) is 0 Å². The van der Waals surface area contributed by atoms with Gasteiger partial charge in [-0.25, -0.2) is 8.42 Å². The number of nitrogens with zero attached hydrogens (tertiary/aromatic N) is 4. The largest absolute Gasteiger partial charge is 0.497 e. The average molecular weight is 445 g/mol. The Balaban J connectivity index is 1.38. The van der Waals surface area contributed by atoms with Crippen molar-refractivity contribution in [3.8, 4) is 5.75 Å². The third-order valence-electron chi connectivity index (χ3n) is 7.44. The lowest BCUT2D eigenvalue weighted by Gasteiger charge is -2.55. The molecule has 8 heteroatoms. The SMILES string of the molecule is COc1ccc([C@H]2CCC[C@H]3[C@@H]4C[C@H](CN23)CN(S(=O)(=O)c2cn(C)nc2C)C4)cc1. The molecule has 31 heavy (non-hydrogen) atoms. The predicted molar refractivity (Wildman–Crippen MR) is 118 cm³/mol. The standard InChI is InChI=1S/C23H32N4O3S/c1-16-23(15-25(2)24-16)31(28,29)26-12-17-11-19(14-26)22-6-4-5-21(27(22)13-17)18-7-9-20(30-3)10-8-18/h7-10,15,17,19,21-22H,4-6,11-14H2,1-3H3/t17-,19+,21+,22-/m0/s1. The normalized spacial score (nSPS) is 29.5. The molecule has 1 aromatic carbocycles. The minimum atomic E-state index is -3.51. The van der Waals surface area contributed by atoms with Gasteiger partial charge in [-0.05, 0) is 62.1 Å². The van der Waals surface area contributed by atoms with Gasteiger partial charge in [0.2, 0.25) is 10.0 Å². The predicted octanol–water partition coefficient (Wildman–Crippen LogP) is 2.97. The van der Waals surface area contributed by atoms with Crippen LogP contribution in [0.2, 0.25) is 0 Å². The van der Waals surface area contributed by atoms with Crippen LogP contribution in [0.1, 0.15) is 43.0 Å². The zero-order valence-electron chi connectivity index (χ0n) is 18.6. The molecular weight excluding hydrogens is 412 g/mol. The van der Waals surface area contributed by atoms with E-state index in [2.05, 4.69) is 22.1 Å². The van der Waals surface area contributed by atoms with Gasteiger partial charge in [-0.3, -0.25) is 9.58 Å². The van der Waals surface area contributed by atoms with Gasteiger partial charge in [0.15, 0.2) is 0 Å². The second-order valence-corrected chi connectivity index (χ2v) is 11.3. The van der Waals surface area contributed by atoms with Crippen molar-refractivity contribution in [1.29, 1.82) is 0 Å². The van der Waals surface area contributed by atoms with Crippen LogP contribution >= 0.6 is 0 Å². The topological polar surface area (TPSA) is 67.7 Å². The van der Waals surface area contributed by atoms with Crippen LogP contribution in [0.5, 0.6) is 5.75 Å². The van der Waals surface area contributed by atoms with Crippen molar-refractivity contribution < 1.29 is 13.2 Å². The molecule has 3 fully saturated rings. The highest BCUT2D eigenvalue weighted by molar-refractivity contribution is 7.89. The Hall–Kier alpha value is -1.90. The lowest BCUT2D eigenvalue weighted by atomic mass is 9.74. The number of rotatable bonds is 4. The molecule has 0 saturated carbocycles. The lowest BCUT2D eigenvalue weighted by Crippen LogP contribution is -2.60. The summed E-state index contributed by atoms with van der Waals surface area (Å²) < 4.78 is 35.5. The van der Waals surface area contributed by atoms with Crippen LogP contribution in [-0.2, 0) is 17.1 Å². The maximum atomic E-state index is 13.4. The quantitative estimate of drug-likeness (QED) is 0.725. The van der Waals surface area contributed by atoms with Crippen molar-refractivity contribution >= 4 is 10.0 Å². The molecule has 0 amide bonds. The van der Waals surface area contributed by atoms with E-state index >= 15 is 0 Å². The maximum Gasteiger partial charge on any atom is 0.246 e. The van der Waals surface area contributed by atoms with E-state index in [1.54, 1.807) is 36.3 Å². The summed E-state index contributed by atoms with van der Waals surface area (Å²) in [4.78, 5) is 3.04. The summed E-state index contributed by atoms with van der Waals surface area (Å²) in [6, 6.07) is 9.35. The van der Waals surface area contributed by atoms with Crippen molar-refractivity contribution in [2.24, 2.45) is 18.9 Å². The second-order valence-electron chi connectivity index (χ2n) is 9.42. The smallest absolute Gasteiger partial charge is 0.246 e. The highest BCUT2D eigenvalue weighted by atomic mass is 32.2. The minimum Gasteiger partial charge on any atom is -0.497 e. The summed E-state index contributed by atoms with van der Waals surface area (Å²) in [5.74, 6) is 1.65. The van der Waals surface area contributed by atoms with Crippen LogP contribution in [0.15, 0.2) is 35.4 Å². The van der Waals surface area contributed by atoms with E-state index in [0.29, 0.717) is 47.6 Å². The van der Waals surface area contributed by atoms with Crippen LogP contribution < -0.4 is 4.74 Å². The van der Waals surface area contributed by atoms with Gasteiger partial charge in [0.1, 0.15) is 10.6 Å². The van der Waals surface area contributed by atoms with Crippen LogP contribution in [0.3, 0.4) is 0 Å². The van der Waals surface area contributed by atoms with E-state index in [4.69, 9.17) is 4.74 Å². The number of aromatic nitrogens is 2. The molecular formula is C23H32N4O3S. The fourth-order valence-electron chi connectivity index (χ4n) is 6.11. The number of sulfonamides is 1. The Morgan fingerprint density at radius 1 is 1.10 bits per heavy atom. The first kappa shape index (κ1) is 21.0. The molecule has 3 aliphatic rings. The maximum absolute atomic E-state index is 13.4. The number of benzene rings is 1. The molecule has 3 saturated heterocycles. The molecule has 4 atom stereocenters. The van der Waals surface area contributed by atoms with E-state index < -0.39 is 10.0 Å². The Kier molecular flexibility index (Phi) is 5.35. The zero-order valence-corrected chi connectivity index (χ0v) is 19.4. The molecule has 2 bridgehead atoms. The molecule has 3 aliphatic heterocycles. The Bertz CT molecular complexity index is 1050. The number of ether oxygens (including phenoxy) is 1. The third kappa shape index (κ3) is 3.68. The monoisotopic (exact) mass is 444 g/mol. The molecule has 7 nitrogen and oxygen atoms in total. The summed E-state index contributed by atoms with van der Waals surface area (Å²) in [5.41, 5.74) is 1.93. The summed E-state index contributed by atoms with van der Waals surface area (Å²) in [6.45, 7) is 3.96. The molecule has 0 radical (unpaired) electrons. The second kappa shape index (κ2) is 7.90. The Morgan fingerprint density at radius 2 is 1.87 bits per heavy atom. The molecule has 5 rings (SSSR count). The summed E-state index contributed by atoms with van der Waals surface area (Å²) >= 11 is 0. The lowest BCUT2D eigenvalue weighted by molar-refractivity contribution is -0.0416. The molecule has 1 aromatic heterocycles. The van der Waals surface area contributed by atoms with Crippen molar-refractivity contribution in [1.82, 2.24) is 19.0 Å². The molecule has 0 unspecified atom stereocenters. The zero-order chi connectivity index (χ0) is 21.8. The number of hydrogen-bond acceptors (Lipinski definition) is 5. The minimum absolute atomic E-state index is 0.353. The molecule has 0 N–H and O–H groups in total. The number of fused-ring (bicyclic) bond motifs is 4. The highest BCUT2D eigenvalue weighted by Gasteiger charge is 2.47. The van der Waals surface area contributed by atoms with Crippen molar-refractivity contribution in [3.63, 3.8) is 0 Å². The van der Waals surface area contributed by atoms with E-state index in [9.17, 15) is 8.42 Å². The highest BCUT2D eigenvalue weighted by Crippen LogP contribution is 2.45. The van der Waals surface area contributed by atoms with E-state index in [-0.39, 0.29) is 0 Å². The van der Waals surface area contributed by atoms with E-state index in [1.807, 2.05) is 12.1 Å². The van der Waals surface area contributed by atoms with Gasteiger partial charge in [-0.15, -0.1) is 0 Å². The first-order chi connectivity index (χ1) is 14.9. The van der Waals surface area contributed by atoms with Crippen molar-refractivity contribution in [2.45, 2.75) is 49.6 Å². The summed E-state index contributed by atoms with van der Waals surface area (Å²) in [7, 11) is -0.0349. The summed E-state index contributed by atoms with van der Waals surface area (Å²) in [5, 5.41) is 4.26. The fourth-order valence-corrected chi connectivity index (χ4v) is 7.89. The van der Waals surface area contributed by atoms with Crippen LogP contribution in [0.25, 0.3) is 0 Å². The van der Waals surface area contributed by atoms with Crippen molar-refractivity contribution in [2.75, 3.05) is 26.7 Å². The van der Waals surface area contributed by atoms with Gasteiger partial charge in [-0.1, -0.05) is 12.1 Å². The first-order valence-corrected chi connectivity index (χ1v) is 12.7. The number of aryl methyl sites for hydroxylation is 2. The van der Waals surface area contributed by atoms with Gasteiger partial charge in [0.05, 0.1) is 12.8 Å². The molecule has 2 aromatic rings. The van der Waals surface area contributed by atoms with E-state index in [1.165, 1.54) is 18.4 Å². The fraction of sp³-hybridized carbons (Fsp3) is 0.609. The average Bonchev–Trinajstić information content (AvgIpc) is 3.12. The Morgan fingerprint density at radius 3 is 2.55 bits per heavy atom. The molecule has 168 valence electrons. The van der Waals surface area contributed by atoms with E-state index in [0.717, 1.165) is 25.1 Å². The van der Waals surface area contributed by atoms with Gasteiger partial charge in [-0.2, -0.15) is 9.40 Å². The van der Waals surface area contributed by atoms with Gasteiger partial charge < -0.3 is 4.74 Å². The number of piperidine rings is 3. The van der Waals surface area contributed by atoms with Crippen molar-refractivity contribution in [3.05, 3.63) is 41.7 Å². The van der Waals surface area contributed by atoms with Gasteiger partial charge in [0, 0.05) is 45.0 Å². The number of methoxy groups -OCH3 is 1.